The third-order valence-electron chi connectivity index (χ3n) is 0.903. The van der Waals surface area contributed by atoms with Crippen molar-refractivity contribution in [1.29, 1.82) is 0 Å². The summed E-state index contributed by atoms with van der Waals surface area (Å²) >= 11 is 0. The first-order chi connectivity index (χ1) is 4.50. The lowest BCUT2D eigenvalue weighted by molar-refractivity contribution is -0.155. The predicted molar refractivity (Wildman–Crippen MR) is 32.3 cm³/mol. The molecule has 0 aromatic carbocycles. The zero-order chi connectivity index (χ0) is 8.20. The third kappa shape index (κ3) is 2.34. The van der Waals surface area contributed by atoms with Gasteiger partial charge in [-0.2, -0.15) is 0 Å². The van der Waals surface area contributed by atoms with Crippen LogP contribution in [0.4, 0.5) is 0 Å². The monoisotopic (exact) mass is 145 g/mol. The zero-order valence-corrected chi connectivity index (χ0v) is 5.35. The zero-order valence-electron chi connectivity index (χ0n) is 5.35. The topological polar surface area (TPSA) is 106 Å². The summed E-state index contributed by atoms with van der Waals surface area (Å²) in [5.74, 6) is -1.40. The van der Waals surface area contributed by atoms with Gasteiger partial charge in [-0.05, 0) is 12.5 Å². The van der Waals surface area contributed by atoms with Crippen molar-refractivity contribution in [2.24, 2.45) is 5.11 Å². The maximum Gasteiger partial charge on any atom is 0.335 e. The van der Waals surface area contributed by atoms with Crippen LogP contribution in [0.1, 0.15) is 6.92 Å². The van der Waals surface area contributed by atoms with E-state index in [-0.39, 0.29) is 0 Å². The number of hydrogen-bond donors (Lipinski definition) is 2. The molecule has 0 saturated carbocycles. The second-order valence-electron chi connectivity index (χ2n) is 1.97. The summed E-state index contributed by atoms with van der Waals surface area (Å²) in [4.78, 5) is 12.4. The largest absolute Gasteiger partial charge is 0.479 e. The first-order valence-electron chi connectivity index (χ1n) is 2.47. The maximum absolute atomic E-state index is 10.1. The molecule has 6 nitrogen and oxygen atoms in total. The Bertz CT molecular complexity index is 182. The van der Waals surface area contributed by atoms with Crippen LogP contribution in [0.3, 0.4) is 0 Å². The summed E-state index contributed by atoms with van der Waals surface area (Å²) in [7, 11) is 0. The summed E-state index contributed by atoms with van der Waals surface area (Å²) in [5, 5.41) is 20.0. The third-order valence-corrected chi connectivity index (χ3v) is 0.903. The molecule has 0 aliphatic rings. The lowest BCUT2D eigenvalue weighted by atomic mass is 10.1. The van der Waals surface area contributed by atoms with Gasteiger partial charge in [0.1, 0.15) is 0 Å². The fourth-order valence-electron chi connectivity index (χ4n) is 0.237. The molecule has 2 N–H and O–H groups in total. The highest BCUT2D eigenvalue weighted by atomic mass is 16.4. The molecular formula is C4H7N3O3. The van der Waals surface area contributed by atoms with Crippen molar-refractivity contribution in [1.82, 2.24) is 0 Å². The van der Waals surface area contributed by atoms with Crippen LogP contribution in [-0.4, -0.2) is 28.3 Å². The smallest absolute Gasteiger partial charge is 0.335 e. The van der Waals surface area contributed by atoms with Crippen LogP contribution in [0.15, 0.2) is 5.11 Å². The van der Waals surface area contributed by atoms with E-state index in [1.165, 1.54) is 0 Å². The molecule has 1 unspecified atom stereocenters. The van der Waals surface area contributed by atoms with Gasteiger partial charge in [-0.15, -0.1) is 0 Å². The van der Waals surface area contributed by atoms with E-state index in [1.54, 1.807) is 0 Å². The van der Waals surface area contributed by atoms with Crippen molar-refractivity contribution in [2.45, 2.75) is 12.5 Å². The van der Waals surface area contributed by atoms with Gasteiger partial charge in [0.25, 0.3) is 0 Å². The van der Waals surface area contributed by atoms with Crippen LogP contribution >= 0.6 is 0 Å². The van der Waals surface area contributed by atoms with E-state index in [9.17, 15) is 4.79 Å². The molecule has 0 spiro atoms. The average Bonchev–Trinajstić information content (AvgIpc) is 1.84. The van der Waals surface area contributed by atoms with Gasteiger partial charge in [-0.3, -0.25) is 0 Å². The fourth-order valence-corrected chi connectivity index (χ4v) is 0.237. The van der Waals surface area contributed by atoms with Gasteiger partial charge in [0, 0.05) is 4.91 Å². The SMILES string of the molecule is CC(O)(CN=[N+]=[N-])C(=O)O. The molecule has 56 valence electrons. The van der Waals surface area contributed by atoms with E-state index in [0.717, 1.165) is 6.92 Å². The lowest BCUT2D eigenvalue weighted by Crippen LogP contribution is -2.37. The molecule has 1 atom stereocenters. The fraction of sp³-hybridized carbons (Fsp3) is 0.750. The molecule has 0 bridgehead atoms. The number of azide groups is 1. The first kappa shape index (κ1) is 8.74. The summed E-state index contributed by atoms with van der Waals surface area (Å²) in [6.45, 7) is 0.600. The number of carboxylic acid groups (broad SMARTS) is 1. The highest BCUT2D eigenvalue weighted by Gasteiger charge is 2.28. The Morgan fingerprint density at radius 3 is 2.70 bits per heavy atom. The van der Waals surface area contributed by atoms with Crippen LogP contribution in [0, 0.1) is 0 Å². The minimum Gasteiger partial charge on any atom is -0.479 e. The number of nitrogens with zero attached hydrogens (tertiary/aromatic N) is 3. The standard InChI is InChI=1S/C4H7N3O3/c1-4(10,3(8)9)2-6-7-5/h10H,2H2,1H3,(H,8,9). The van der Waals surface area contributed by atoms with E-state index in [0.29, 0.717) is 0 Å². The van der Waals surface area contributed by atoms with Gasteiger partial charge >= 0.3 is 5.97 Å². The van der Waals surface area contributed by atoms with Gasteiger partial charge in [-0.1, -0.05) is 5.11 Å². The molecular weight excluding hydrogens is 138 g/mol. The number of carbonyl (C=O) groups is 1. The van der Waals surface area contributed by atoms with Crippen molar-refractivity contribution in [3.63, 3.8) is 0 Å². The van der Waals surface area contributed by atoms with Crippen molar-refractivity contribution in [3.8, 4) is 0 Å². The van der Waals surface area contributed by atoms with Crippen molar-refractivity contribution in [3.05, 3.63) is 10.4 Å². The summed E-state index contributed by atoms with van der Waals surface area (Å²) in [6.07, 6.45) is 0. The van der Waals surface area contributed by atoms with E-state index in [2.05, 4.69) is 10.0 Å². The number of carboxylic acids is 1. The van der Waals surface area contributed by atoms with E-state index in [1.807, 2.05) is 0 Å². The van der Waals surface area contributed by atoms with E-state index >= 15 is 0 Å². The second-order valence-corrected chi connectivity index (χ2v) is 1.97. The molecule has 6 heteroatoms. The predicted octanol–water partition coefficient (Wildman–Crippen LogP) is 0.132. The minimum absolute atomic E-state index is 0.459. The molecule has 0 amide bonds. The molecule has 0 radical (unpaired) electrons. The summed E-state index contributed by atoms with van der Waals surface area (Å²) < 4.78 is 0. The Morgan fingerprint density at radius 1 is 1.90 bits per heavy atom. The summed E-state index contributed by atoms with van der Waals surface area (Å²) in [6, 6.07) is 0. The van der Waals surface area contributed by atoms with Crippen LogP contribution < -0.4 is 0 Å². The Balaban J connectivity index is 4.12. The molecule has 0 aromatic heterocycles. The van der Waals surface area contributed by atoms with Gasteiger partial charge in [0.15, 0.2) is 5.60 Å². The molecule has 0 aliphatic heterocycles. The van der Waals surface area contributed by atoms with Crippen molar-refractivity contribution in [2.75, 3.05) is 6.54 Å². The van der Waals surface area contributed by atoms with Crippen molar-refractivity contribution >= 4 is 5.97 Å². The number of aliphatic hydroxyl groups is 1. The van der Waals surface area contributed by atoms with Crippen LogP contribution in [0.2, 0.25) is 0 Å². The van der Waals surface area contributed by atoms with Gasteiger partial charge < -0.3 is 10.2 Å². The van der Waals surface area contributed by atoms with E-state index < -0.39 is 18.1 Å². The highest BCUT2D eigenvalue weighted by Crippen LogP contribution is 2.02. The molecule has 0 fully saturated rings. The minimum atomic E-state index is -1.95. The molecule has 0 aromatic rings. The maximum atomic E-state index is 10.1. The van der Waals surface area contributed by atoms with Gasteiger partial charge in [0.05, 0.1) is 6.54 Å². The second kappa shape index (κ2) is 3.05. The Hall–Kier alpha value is -1.26. The molecule has 0 heterocycles. The van der Waals surface area contributed by atoms with Crippen LogP contribution in [0.25, 0.3) is 10.4 Å². The molecule has 0 rings (SSSR count). The summed E-state index contributed by atoms with van der Waals surface area (Å²) in [5.41, 5.74) is 5.81. The Morgan fingerprint density at radius 2 is 2.40 bits per heavy atom. The Kier molecular flexibility index (Phi) is 2.66. The van der Waals surface area contributed by atoms with Gasteiger partial charge in [-0.25, -0.2) is 4.79 Å². The van der Waals surface area contributed by atoms with Crippen molar-refractivity contribution < 1.29 is 15.0 Å². The van der Waals surface area contributed by atoms with Crippen LogP contribution in [-0.2, 0) is 4.79 Å². The lowest BCUT2D eigenvalue weighted by Gasteiger charge is -2.13. The molecule has 10 heavy (non-hydrogen) atoms. The Labute approximate surface area is 56.7 Å². The number of hydrogen-bond acceptors (Lipinski definition) is 3. The average molecular weight is 145 g/mol. The quantitative estimate of drug-likeness (QED) is 0.335. The molecule has 0 aliphatic carbocycles. The number of rotatable bonds is 3. The first-order valence-corrected chi connectivity index (χ1v) is 2.47. The highest BCUT2D eigenvalue weighted by molar-refractivity contribution is 5.76. The molecule has 0 saturated heterocycles. The van der Waals surface area contributed by atoms with Gasteiger partial charge in [0.2, 0.25) is 0 Å². The van der Waals surface area contributed by atoms with E-state index in [4.69, 9.17) is 15.7 Å². The van der Waals surface area contributed by atoms with Crippen LogP contribution in [0.5, 0.6) is 0 Å². The normalized spacial score (nSPS) is 15.0. The number of aliphatic carboxylic acids is 1.